The smallest absolute Gasteiger partial charge is 0.422 e. The van der Waals surface area contributed by atoms with Gasteiger partial charge in [0.2, 0.25) is 11.8 Å². The minimum atomic E-state index is -2.16. The van der Waals surface area contributed by atoms with Crippen LogP contribution in [0.15, 0.2) is 127 Å². The molecule has 3 aromatic heterocycles. The van der Waals surface area contributed by atoms with Crippen LogP contribution in [0.5, 0.6) is 11.8 Å². The van der Waals surface area contributed by atoms with Crippen LogP contribution in [0.4, 0.5) is 16.4 Å². The number of hydrogen-bond acceptors (Lipinski definition) is 5. The fourth-order valence-corrected chi connectivity index (χ4v) is 11.5. The summed E-state index contributed by atoms with van der Waals surface area (Å²) >= 11 is 1.80. The number of anilines is 3. The molecule has 0 spiro atoms. The number of hydrogen-bond donors (Lipinski definition) is 0. The molecule has 0 radical (unpaired) electrons. The van der Waals surface area contributed by atoms with Gasteiger partial charge in [-0.25, -0.2) is 0 Å². The number of fused-ring (bicyclic) bond motifs is 4. The van der Waals surface area contributed by atoms with Crippen LogP contribution in [0.3, 0.4) is 0 Å². The molecular formula is C38H27N3OPtSSi. The van der Waals surface area contributed by atoms with E-state index in [0.29, 0.717) is 11.8 Å². The Hall–Kier alpha value is -4.35. The van der Waals surface area contributed by atoms with Gasteiger partial charge in [0.25, 0.3) is 0 Å². The first-order valence-electron chi connectivity index (χ1n) is 14.6. The molecule has 0 saturated heterocycles. The van der Waals surface area contributed by atoms with Crippen molar-refractivity contribution in [1.29, 1.82) is 0 Å². The largest absolute Gasteiger partial charge is 2.00 e. The standard InChI is InChI=1S/C38H27N3OSSi.Pt/c1-44(2)32-23-13-12-22-30(32)41(28-19-10-5-11-20-28)38-37(44)35-31(43-38)25-34(40-36(35)27-17-8-4-9-18-27)42-33-24-14-21-29(39-33)26-15-6-3-7-16-26;/h3-15,17,19-25H,1-2H3;/q-2;+2. The summed E-state index contributed by atoms with van der Waals surface area (Å²) in [6.07, 6.45) is 0. The van der Waals surface area contributed by atoms with Crippen LogP contribution in [0.1, 0.15) is 0 Å². The zero-order chi connectivity index (χ0) is 29.7. The van der Waals surface area contributed by atoms with E-state index in [0.717, 1.165) is 32.9 Å². The molecular weight excluding hydrogens is 770 g/mol. The Balaban J connectivity index is 0.00000325. The molecule has 7 aromatic rings. The fraction of sp³-hybridized carbons (Fsp3) is 0.0526. The molecule has 220 valence electrons. The normalized spacial score (nSPS) is 13.1. The van der Waals surface area contributed by atoms with E-state index in [1.807, 2.05) is 60.7 Å². The van der Waals surface area contributed by atoms with Crippen molar-refractivity contribution >= 4 is 56.2 Å². The molecule has 0 amide bonds. The Morgan fingerprint density at radius 3 is 2.18 bits per heavy atom. The van der Waals surface area contributed by atoms with E-state index >= 15 is 0 Å². The second-order valence-electron chi connectivity index (χ2n) is 11.3. The number of rotatable bonds is 5. The first-order valence-corrected chi connectivity index (χ1v) is 18.4. The fourth-order valence-electron chi connectivity index (χ4n) is 6.16. The second kappa shape index (κ2) is 11.9. The van der Waals surface area contributed by atoms with Gasteiger partial charge < -0.3 is 9.64 Å². The number of thiophene rings is 1. The Morgan fingerprint density at radius 2 is 1.42 bits per heavy atom. The van der Waals surface area contributed by atoms with Gasteiger partial charge in [-0.2, -0.15) is 0 Å². The van der Waals surface area contributed by atoms with E-state index < -0.39 is 8.07 Å². The van der Waals surface area contributed by atoms with Gasteiger partial charge in [0.05, 0.1) is 5.00 Å². The van der Waals surface area contributed by atoms with Crippen LogP contribution in [-0.4, -0.2) is 18.0 Å². The molecule has 45 heavy (non-hydrogen) atoms. The van der Waals surface area contributed by atoms with E-state index in [1.54, 1.807) is 11.3 Å². The number of benzene rings is 4. The maximum absolute atomic E-state index is 6.42. The van der Waals surface area contributed by atoms with Gasteiger partial charge in [-0.05, 0) is 45.7 Å². The molecule has 7 heteroatoms. The van der Waals surface area contributed by atoms with Crippen LogP contribution in [0.25, 0.3) is 32.6 Å². The molecule has 4 aromatic carbocycles. The number of ether oxygens (including phenoxy) is 1. The zero-order valence-corrected chi connectivity index (χ0v) is 28.7. The Morgan fingerprint density at radius 1 is 0.711 bits per heavy atom. The van der Waals surface area contributed by atoms with Crippen molar-refractivity contribution in [2.45, 2.75) is 13.1 Å². The monoisotopic (exact) mass is 796 g/mol. The van der Waals surface area contributed by atoms with Crippen LogP contribution < -0.4 is 20.0 Å². The molecule has 0 saturated carbocycles. The summed E-state index contributed by atoms with van der Waals surface area (Å²) in [6, 6.07) is 50.0. The average Bonchev–Trinajstić information content (AvgIpc) is 3.46. The number of pyridine rings is 2. The summed E-state index contributed by atoms with van der Waals surface area (Å²) in [5, 5.41) is 5.24. The van der Waals surface area contributed by atoms with E-state index in [9.17, 15) is 0 Å². The summed E-state index contributed by atoms with van der Waals surface area (Å²) in [4.78, 5) is 12.4. The molecule has 4 heterocycles. The van der Waals surface area contributed by atoms with Crippen molar-refractivity contribution in [2.75, 3.05) is 4.90 Å². The third kappa shape index (κ3) is 5.13. The van der Waals surface area contributed by atoms with Crippen molar-refractivity contribution in [1.82, 2.24) is 9.97 Å². The predicted molar refractivity (Wildman–Crippen MR) is 184 cm³/mol. The van der Waals surface area contributed by atoms with Gasteiger partial charge >= 0.3 is 21.1 Å². The van der Waals surface area contributed by atoms with Crippen molar-refractivity contribution in [3.05, 3.63) is 140 Å². The summed E-state index contributed by atoms with van der Waals surface area (Å²) in [7, 11) is -2.16. The predicted octanol–water partition coefficient (Wildman–Crippen LogP) is 9.02. The average molecular weight is 797 g/mol. The molecule has 8 rings (SSSR count). The first kappa shape index (κ1) is 29.4. The maximum atomic E-state index is 6.42. The van der Waals surface area contributed by atoms with E-state index in [2.05, 4.69) is 96.9 Å². The van der Waals surface area contributed by atoms with E-state index in [4.69, 9.17) is 14.7 Å². The summed E-state index contributed by atoms with van der Waals surface area (Å²) in [6.45, 7) is 4.91. The molecule has 1 aliphatic rings. The Bertz CT molecular complexity index is 2140. The van der Waals surface area contributed by atoms with Crippen LogP contribution in [0.2, 0.25) is 13.1 Å². The van der Waals surface area contributed by atoms with Crippen molar-refractivity contribution in [2.24, 2.45) is 0 Å². The van der Waals surface area contributed by atoms with Crippen LogP contribution in [0, 0.1) is 12.1 Å². The van der Waals surface area contributed by atoms with Gasteiger partial charge in [-0.1, -0.05) is 61.6 Å². The quantitative estimate of drug-likeness (QED) is 0.129. The van der Waals surface area contributed by atoms with Gasteiger partial charge in [-0.15, -0.1) is 83.1 Å². The molecule has 0 bridgehead atoms. The summed E-state index contributed by atoms with van der Waals surface area (Å²) < 4.78 is 7.56. The Kier molecular flexibility index (Phi) is 7.74. The van der Waals surface area contributed by atoms with Crippen molar-refractivity contribution in [3.63, 3.8) is 0 Å². The SMILES string of the molecule is C[Si]1(C)c2ccccc2N(c2ccccc2)c2sc3cc(Oc4cccc(-c5[c-]cccc5)n4)nc(-c4[c-]cccc4)c3c21.[Pt+2]. The van der Waals surface area contributed by atoms with Gasteiger partial charge in [0.1, 0.15) is 8.07 Å². The number of nitrogens with zero attached hydrogens (tertiary/aromatic N) is 3. The molecule has 0 aliphatic carbocycles. The molecule has 0 fully saturated rings. The van der Waals surface area contributed by atoms with E-state index in [1.165, 1.54) is 26.4 Å². The second-order valence-corrected chi connectivity index (χ2v) is 16.6. The van der Waals surface area contributed by atoms with Crippen LogP contribution in [-0.2, 0) is 21.1 Å². The van der Waals surface area contributed by atoms with Gasteiger partial charge in [0.15, 0.2) is 0 Å². The molecule has 1 aliphatic heterocycles. The topological polar surface area (TPSA) is 38.2 Å². The van der Waals surface area contributed by atoms with Gasteiger partial charge in [-0.3, -0.25) is 9.97 Å². The summed E-state index contributed by atoms with van der Waals surface area (Å²) in [5.74, 6) is 0.997. The Labute approximate surface area is 282 Å². The number of para-hydroxylation sites is 2. The molecule has 0 unspecified atom stereocenters. The minimum absolute atomic E-state index is 0. The third-order valence-electron chi connectivity index (χ3n) is 8.17. The van der Waals surface area contributed by atoms with Gasteiger partial charge in [0, 0.05) is 27.8 Å². The number of aromatic nitrogens is 2. The zero-order valence-electron chi connectivity index (χ0n) is 24.6. The molecule has 0 atom stereocenters. The first-order chi connectivity index (χ1) is 21.6. The summed E-state index contributed by atoms with van der Waals surface area (Å²) in [5.41, 5.74) is 5.95. The molecule has 0 N–H and O–H groups in total. The molecule has 4 nitrogen and oxygen atoms in total. The van der Waals surface area contributed by atoms with Crippen LogP contribution >= 0.6 is 11.3 Å². The van der Waals surface area contributed by atoms with Crippen molar-refractivity contribution in [3.8, 4) is 34.3 Å². The third-order valence-corrected chi connectivity index (χ3v) is 13.0. The van der Waals surface area contributed by atoms with Crippen molar-refractivity contribution < 1.29 is 25.8 Å². The minimum Gasteiger partial charge on any atom is -0.422 e. The van der Waals surface area contributed by atoms with E-state index in [-0.39, 0.29) is 21.1 Å². The maximum Gasteiger partial charge on any atom is 2.00 e.